The van der Waals surface area contributed by atoms with E-state index < -0.39 is 12.1 Å². The lowest BCUT2D eigenvalue weighted by molar-refractivity contribution is -0.141. The molecule has 0 spiro atoms. The van der Waals surface area contributed by atoms with E-state index in [0.29, 0.717) is 5.75 Å². The van der Waals surface area contributed by atoms with Crippen molar-refractivity contribution < 1.29 is 19.4 Å². The minimum absolute atomic E-state index is 0.0395. The van der Waals surface area contributed by atoms with Crippen molar-refractivity contribution in [2.75, 3.05) is 13.2 Å². The number of carbonyl (C=O) groups excluding carboxylic acids is 1. The highest BCUT2D eigenvalue weighted by Gasteiger charge is 2.10. The third kappa shape index (κ3) is 3.95. The lowest BCUT2D eigenvalue weighted by atomic mass is 10.1. The van der Waals surface area contributed by atoms with Gasteiger partial charge in [-0.05, 0) is 42.0 Å². The van der Waals surface area contributed by atoms with Crippen molar-refractivity contribution >= 4 is 16.9 Å². The predicted octanol–water partition coefficient (Wildman–Crippen LogP) is 3.31. The number of aromatic nitrogens is 1. The van der Waals surface area contributed by atoms with Crippen LogP contribution in [0.1, 0.15) is 0 Å². The Balaban J connectivity index is 1.64. The third-order valence-corrected chi connectivity index (χ3v) is 4.13. The van der Waals surface area contributed by atoms with Crippen LogP contribution in [0.15, 0.2) is 67.3 Å². The molecule has 3 rings (SSSR count). The Hall–Kier alpha value is -3.05. The number of benzene rings is 2. The summed E-state index contributed by atoms with van der Waals surface area (Å²) in [6, 6.07) is 18.1. The summed E-state index contributed by atoms with van der Waals surface area (Å²) in [5.74, 6) is 0.0740. The monoisotopic (exact) mass is 351 g/mol. The number of ether oxygens (including phenoxy) is 2. The fourth-order valence-electron chi connectivity index (χ4n) is 2.77. The molecule has 26 heavy (non-hydrogen) atoms. The molecule has 0 aliphatic carbocycles. The van der Waals surface area contributed by atoms with E-state index in [0.717, 1.165) is 17.3 Å². The first-order valence-electron chi connectivity index (χ1n) is 8.33. The Bertz CT molecular complexity index is 911. The van der Waals surface area contributed by atoms with Gasteiger partial charge in [-0.3, -0.25) is 0 Å². The molecule has 0 radical (unpaired) electrons. The molecule has 0 bridgehead atoms. The van der Waals surface area contributed by atoms with Gasteiger partial charge in [0.25, 0.3) is 0 Å². The number of aliphatic hydroxyl groups is 1. The molecule has 0 fully saturated rings. The van der Waals surface area contributed by atoms with Gasteiger partial charge in [0, 0.05) is 29.7 Å². The summed E-state index contributed by atoms with van der Waals surface area (Å²) >= 11 is 0. The zero-order chi connectivity index (χ0) is 18.5. The zero-order valence-corrected chi connectivity index (χ0v) is 14.6. The largest absolute Gasteiger partial charge is 0.491 e. The van der Waals surface area contributed by atoms with Crippen LogP contribution in [0.25, 0.3) is 22.2 Å². The molecule has 0 aliphatic heterocycles. The summed E-state index contributed by atoms with van der Waals surface area (Å²) in [7, 11) is 2.04. The van der Waals surface area contributed by atoms with Crippen molar-refractivity contribution in [1.29, 1.82) is 0 Å². The minimum Gasteiger partial charge on any atom is -0.491 e. The summed E-state index contributed by atoms with van der Waals surface area (Å²) in [5.41, 5.74) is 3.38. The van der Waals surface area contributed by atoms with Crippen molar-refractivity contribution in [2.24, 2.45) is 7.05 Å². The molecular weight excluding hydrogens is 330 g/mol. The van der Waals surface area contributed by atoms with Gasteiger partial charge in [0.2, 0.25) is 0 Å². The lowest BCUT2D eigenvalue weighted by Crippen LogP contribution is -2.24. The molecule has 5 heteroatoms. The van der Waals surface area contributed by atoms with Crippen LogP contribution in [0.2, 0.25) is 0 Å². The molecule has 3 aromatic rings. The lowest BCUT2D eigenvalue weighted by Gasteiger charge is -2.12. The van der Waals surface area contributed by atoms with Gasteiger partial charge in [-0.15, -0.1) is 0 Å². The molecule has 0 amide bonds. The minimum atomic E-state index is -0.892. The number of rotatable bonds is 7. The number of hydrogen-bond donors (Lipinski definition) is 1. The second-order valence-electron chi connectivity index (χ2n) is 5.97. The maximum Gasteiger partial charge on any atom is 0.330 e. The maximum absolute atomic E-state index is 11.0. The first-order chi connectivity index (χ1) is 12.6. The molecule has 2 aromatic carbocycles. The standard InChI is InChI=1S/C21H21NO4/c1-3-21(24)26-14-17(23)13-25-18-10-8-15(9-11-18)20-12-16-6-4-5-7-19(16)22(20)2/h3-12,17,23H,1,13-14H2,2H3. The van der Waals surface area contributed by atoms with E-state index in [1.807, 2.05) is 43.4 Å². The van der Waals surface area contributed by atoms with Crippen molar-refractivity contribution in [1.82, 2.24) is 4.57 Å². The smallest absolute Gasteiger partial charge is 0.330 e. The summed E-state index contributed by atoms with van der Waals surface area (Å²) in [5, 5.41) is 11.0. The fraction of sp³-hybridized carbons (Fsp3) is 0.190. The van der Waals surface area contributed by atoms with E-state index in [1.54, 1.807) is 0 Å². The Morgan fingerprint density at radius 2 is 1.92 bits per heavy atom. The molecule has 134 valence electrons. The molecule has 1 heterocycles. The van der Waals surface area contributed by atoms with Crippen molar-refractivity contribution in [2.45, 2.75) is 6.10 Å². The molecule has 0 saturated heterocycles. The highest BCUT2D eigenvalue weighted by Crippen LogP contribution is 2.28. The van der Waals surface area contributed by atoms with E-state index in [-0.39, 0.29) is 13.2 Å². The average molecular weight is 351 g/mol. The first-order valence-corrected chi connectivity index (χ1v) is 8.33. The van der Waals surface area contributed by atoms with Crippen LogP contribution >= 0.6 is 0 Å². The number of nitrogens with zero attached hydrogens (tertiary/aromatic N) is 1. The zero-order valence-electron chi connectivity index (χ0n) is 14.6. The molecule has 1 aromatic heterocycles. The number of esters is 1. The second-order valence-corrected chi connectivity index (χ2v) is 5.97. The van der Waals surface area contributed by atoms with E-state index in [2.05, 4.69) is 29.3 Å². The fourth-order valence-corrected chi connectivity index (χ4v) is 2.77. The van der Waals surface area contributed by atoms with Gasteiger partial charge in [-0.25, -0.2) is 4.79 Å². The molecule has 1 N–H and O–H groups in total. The molecule has 0 saturated carbocycles. The number of para-hydroxylation sites is 1. The van der Waals surface area contributed by atoms with Crippen LogP contribution in [-0.2, 0) is 16.6 Å². The highest BCUT2D eigenvalue weighted by molar-refractivity contribution is 5.87. The Labute approximate surface area is 152 Å². The second kappa shape index (κ2) is 7.89. The summed E-state index contributed by atoms with van der Waals surface area (Å²) in [6.07, 6.45) is 0.163. The number of hydrogen-bond acceptors (Lipinski definition) is 4. The molecular formula is C21H21NO4. The number of fused-ring (bicyclic) bond motifs is 1. The number of carbonyl (C=O) groups is 1. The molecule has 5 nitrogen and oxygen atoms in total. The topological polar surface area (TPSA) is 60.7 Å². The maximum atomic E-state index is 11.0. The number of aryl methyl sites for hydroxylation is 1. The summed E-state index contributed by atoms with van der Waals surface area (Å²) in [6.45, 7) is 3.21. The van der Waals surface area contributed by atoms with Crippen LogP contribution in [0.4, 0.5) is 0 Å². The Morgan fingerprint density at radius 3 is 2.62 bits per heavy atom. The van der Waals surface area contributed by atoms with Gasteiger partial charge >= 0.3 is 5.97 Å². The van der Waals surface area contributed by atoms with Crippen molar-refractivity contribution in [3.8, 4) is 17.0 Å². The van der Waals surface area contributed by atoms with Crippen LogP contribution in [0.5, 0.6) is 5.75 Å². The first kappa shape index (κ1) is 17.8. The van der Waals surface area contributed by atoms with Crippen molar-refractivity contribution in [3.63, 3.8) is 0 Å². The third-order valence-electron chi connectivity index (χ3n) is 4.13. The SMILES string of the molecule is C=CC(=O)OCC(O)COc1ccc(-c2cc3ccccc3n2C)cc1. The predicted molar refractivity (Wildman–Crippen MR) is 101 cm³/mol. The van der Waals surface area contributed by atoms with E-state index in [4.69, 9.17) is 9.47 Å². The normalized spacial score (nSPS) is 11.9. The van der Waals surface area contributed by atoms with Gasteiger partial charge < -0.3 is 19.1 Å². The summed E-state index contributed by atoms with van der Waals surface area (Å²) < 4.78 is 12.5. The van der Waals surface area contributed by atoms with Crippen LogP contribution in [-0.4, -0.2) is 35.0 Å². The van der Waals surface area contributed by atoms with Crippen LogP contribution in [0.3, 0.4) is 0 Å². The molecule has 1 atom stereocenters. The average Bonchev–Trinajstić information content (AvgIpc) is 3.01. The number of aliphatic hydroxyl groups excluding tert-OH is 1. The van der Waals surface area contributed by atoms with Gasteiger partial charge in [0.15, 0.2) is 0 Å². The van der Waals surface area contributed by atoms with E-state index in [9.17, 15) is 9.90 Å². The quantitative estimate of drug-likeness (QED) is 0.524. The van der Waals surface area contributed by atoms with Gasteiger partial charge in [-0.1, -0.05) is 24.8 Å². The Morgan fingerprint density at radius 1 is 1.19 bits per heavy atom. The Kier molecular flexibility index (Phi) is 5.39. The molecule has 0 aliphatic rings. The highest BCUT2D eigenvalue weighted by atomic mass is 16.5. The van der Waals surface area contributed by atoms with Gasteiger partial charge in [0.1, 0.15) is 25.1 Å². The van der Waals surface area contributed by atoms with E-state index in [1.165, 1.54) is 10.9 Å². The van der Waals surface area contributed by atoms with Crippen LogP contribution < -0.4 is 4.74 Å². The van der Waals surface area contributed by atoms with Gasteiger partial charge in [-0.2, -0.15) is 0 Å². The van der Waals surface area contributed by atoms with Crippen LogP contribution in [0, 0.1) is 0 Å². The van der Waals surface area contributed by atoms with Gasteiger partial charge in [0.05, 0.1) is 0 Å². The van der Waals surface area contributed by atoms with Crippen molar-refractivity contribution in [3.05, 3.63) is 67.3 Å². The van der Waals surface area contributed by atoms with E-state index >= 15 is 0 Å². The summed E-state index contributed by atoms with van der Waals surface area (Å²) in [4.78, 5) is 11.0. The molecule has 1 unspecified atom stereocenters.